The zero-order valence-electron chi connectivity index (χ0n) is 13.4. The number of carboxylic acids is 1. The molecule has 0 saturated heterocycles. The van der Waals surface area contributed by atoms with E-state index in [1.54, 1.807) is 20.8 Å². The summed E-state index contributed by atoms with van der Waals surface area (Å²) < 4.78 is 25.9. The van der Waals surface area contributed by atoms with E-state index >= 15 is 0 Å². The molecule has 1 amide bonds. The SMILES string of the molecule is CCCS(=O)(=O)Nc1cccc(C(=O)N[C@@H](C(=O)O)C(C)C)c1. The third kappa shape index (κ3) is 5.90. The van der Waals surface area contributed by atoms with Gasteiger partial charge in [0.05, 0.1) is 5.75 Å². The molecule has 1 rings (SSSR count). The van der Waals surface area contributed by atoms with Gasteiger partial charge in [-0.2, -0.15) is 0 Å². The number of rotatable bonds is 8. The first-order valence-electron chi connectivity index (χ1n) is 7.30. The van der Waals surface area contributed by atoms with Crippen LogP contribution in [0.1, 0.15) is 37.6 Å². The molecule has 0 spiro atoms. The number of hydrogen-bond acceptors (Lipinski definition) is 4. The van der Waals surface area contributed by atoms with E-state index in [-0.39, 0.29) is 22.9 Å². The van der Waals surface area contributed by atoms with Crippen molar-refractivity contribution in [2.45, 2.75) is 33.2 Å². The highest BCUT2D eigenvalue weighted by Gasteiger charge is 2.24. The average molecular weight is 342 g/mol. The predicted octanol–water partition coefficient (Wildman–Crippen LogP) is 1.68. The van der Waals surface area contributed by atoms with Gasteiger partial charge in [0, 0.05) is 11.3 Å². The van der Waals surface area contributed by atoms with E-state index in [0.29, 0.717) is 6.42 Å². The second-order valence-electron chi connectivity index (χ2n) is 5.54. The van der Waals surface area contributed by atoms with Crippen LogP contribution >= 0.6 is 0 Å². The van der Waals surface area contributed by atoms with Crippen molar-refractivity contribution in [3.05, 3.63) is 29.8 Å². The number of carbonyl (C=O) groups excluding carboxylic acids is 1. The summed E-state index contributed by atoms with van der Waals surface area (Å²) in [6.45, 7) is 5.13. The van der Waals surface area contributed by atoms with Crippen LogP contribution in [0.25, 0.3) is 0 Å². The predicted molar refractivity (Wildman–Crippen MR) is 87.9 cm³/mol. The second-order valence-corrected chi connectivity index (χ2v) is 7.38. The van der Waals surface area contributed by atoms with Gasteiger partial charge in [-0.3, -0.25) is 9.52 Å². The number of carboxylic acid groups (broad SMARTS) is 1. The standard InChI is InChI=1S/C15H22N2O5S/c1-4-8-23(21,22)17-12-7-5-6-11(9-12)14(18)16-13(10(2)3)15(19)20/h5-7,9-10,13,17H,4,8H2,1-3H3,(H,16,18)(H,19,20)/t13-/m1/s1. The quantitative estimate of drug-likeness (QED) is 0.665. The van der Waals surface area contributed by atoms with Gasteiger partial charge in [0.1, 0.15) is 6.04 Å². The molecule has 3 N–H and O–H groups in total. The molecular formula is C15H22N2O5S. The van der Waals surface area contributed by atoms with E-state index in [1.165, 1.54) is 24.3 Å². The van der Waals surface area contributed by atoms with Crippen molar-refractivity contribution in [1.29, 1.82) is 0 Å². The number of carbonyl (C=O) groups is 2. The summed E-state index contributed by atoms with van der Waals surface area (Å²) in [6, 6.07) is 4.92. The Balaban J connectivity index is 2.91. The average Bonchev–Trinajstić information content (AvgIpc) is 2.43. The van der Waals surface area contributed by atoms with Crippen molar-refractivity contribution in [2.75, 3.05) is 10.5 Å². The monoisotopic (exact) mass is 342 g/mol. The van der Waals surface area contributed by atoms with Gasteiger partial charge in [-0.25, -0.2) is 13.2 Å². The number of aliphatic carboxylic acids is 1. The van der Waals surface area contributed by atoms with Gasteiger partial charge in [0.25, 0.3) is 5.91 Å². The zero-order chi connectivity index (χ0) is 17.6. The maximum absolute atomic E-state index is 12.2. The van der Waals surface area contributed by atoms with Crippen LogP contribution in [0.15, 0.2) is 24.3 Å². The fraction of sp³-hybridized carbons (Fsp3) is 0.467. The molecule has 0 aromatic heterocycles. The largest absolute Gasteiger partial charge is 0.480 e. The normalized spacial score (nSPS) is 12.7. The second kappa shape index (κ2) is 7.96. The molecule has 0 saturated carbocycles. The first kappa shape index (κ1) is 19.0. The first-order chi connectivity index (χ1) is 10.7. The Morgan fingerprint density at radius 3 is 2.43 bits per heavy atom. The Hall–Kier alpha value is -2.09. The Bertz CT molecular complexity index is 670. The Morgan fingerprint density at radius 2 is 1.91 bits per heavy atom. The summed E-state index contributed by atoms with van der Waals surface area (Å²) in [5, 5.41) is 11.5. The smallest absolute Gasteiger partial charge is 0.326 e. The Kier molecular flexibility index (Phi) is 6.56. The molecule has 1 aromatic carbocycles. The number of sulfonamides is 1. The summed E-state index contributed by atoms with van der Waals surface area (Å²) in [5.41, 5.74) is 0.455. The lowest BCUT2D eigenvalue weighted by Gasteiger charge is -2.18. The fourth-order valence-electron chi connectivity index (χ4n) is 1.96. The van der Waals surface area contributed by atoms with Crippen molar-refractivity contribution in [3.8, 4) is 0 Å². The van der Waals surface area contributed by atoms with Crippen LogP contribution in [-0.2, 0) is 14.8 Å². The highest BCUT2D eigenvalue weighted by atomic mass is 32.2. The van der Waals surface area contributed by atoms with Crippen LogP contribution in [-0.4, -0.2) is 37.2 Å². The van der Waals surface area contributed by atoms with Crippen LogP contribution in [0, 0.1) is 5.92 Å². The molecule has 0 bridgehead atoms. The lowest BCUT2D eigenvalue weighted by molar-refractivity contribution is -0.140. The summed E-state index contributed by atoms with van der Waals surface area (Å²) in [7, 11) is -3.45. The lowest BCUT2D eigenvalue weighted by Crippen LogP contribution is -2.44. The first-order valence-corrected chi connectivity index (χ1v) is 8.95. The molecule has 128 valence electrons. The number of hydrogen-bond donors (Lipinski definition) is 3. The summed E-state index contributed by atoms with van der Waals surface area (Å²) in [5.74, 6) is -1.98. The van der Waals surface area contributed by atoms with Crippen LogP contribution in [0.3, 0.4) is 0 Å². The third-order valence-electron chi connectivity index (χ3n) is 3.09. The molecule has 7 nitrogen and oxygen atoms in total. The van der Waals surface area contributed by atoms with E-state index in [1.807, 2.05) is 0 Å². The van der Waals surface area contributed by atoms with E-state index < -0.39 is 27.9 Å². The van der Waals surface area contributed by atoms with Crippen LogP contribution in [0.4, 0.5) is 5.69 Å². The fourth-order valence-corrected chi connectivity index (χ4v) is 3.09. The molecular weight excluding hydrogens is 320 g/mol. The molecule has 0 fully saturated rings. The van der Waals surface area contributed by atoms with Gasteiger partial charge in [0.15, 0.2) is 0 Å². The maximum Gasteiger partial charge on any atom is 0.326 e. The van der Waals surface area contributed by atoms with E-state index in [0.717, 1.165) is 0 Å². The van der Waals surface area contributed by atoms with Gasteiger partial charge in [-0.05, 0) is 30.5 Å². The molecule has 8 heteroatoms. The number of nitrogens with one attached hydrogen (secondary N) is 2. The van der Waals surface area contributed by atoms with Crippen molar-refractivity contribution < 1.29 is 23.1 Å². The topological polar surface area (TPSA) is 113 Å². The summed E-state index contributed by atoms with van der Waals surface area (Å²) in [6.07, 6.45) is 0.476. The molecule has 1 atom stereocenters. The molecule has 0 radical (unpaired) electrons. The Labute approximate surface area is 136 Å². The van der Waals surface area contributed by atoms with Gasteiger partial charge in [0.2, 0.25) is 10.0 Å². The third-order valence-corrected chi connectivity index (χ3v) is 4.58. The molecule has 0 aliphatic rings. The molecule has 1 aromatic rings. The van der Waals surface area contributed by atoms with Crippen LogP contribution in [0.2, 0.25) is 0 Å². The molecule has 0 aliphatic carbocycles. The molecule has 23 heavy (non-hydrogen) atoms. The van der Waals surface area contributed by atoms with Gasteiger partial charge < -0.3 is 10.4 Å². The van der Waals surface area contributed by atoms with Gasteiger partial charge in [-0.1, -0.05) is 26.8 Å². The van der Waals surface area contributed by atoms with Crippen LogP contribution < -0.4 is 10.0 Å². The zero-order valence-corrected chi connectivity index (χ0v) is 14.2. The highest BCUT2D eigenvalue weighted by Crippen LogP contribution is 2.14. The van der Waals surface area contributed by atoms with E-state index in [4.69, 9.17) is 5.11 Å². The van der Waals surface area contributed by atoms with Crippen molar-refractivity contribution >= 4 is 27.6 Å². The van der Waals surface area contributed by atoms with Crippen molar-refractivity contribution in [2.24, 2.45) is 5.92 Å². The van der Waals surface area contributed by atoms with Crippen LogP contribution in [0.5, 0.6) is 0 Å². The summed E-state index contributed by atoms with van der Waals surface area (Å²) >= 11 is 0. The van der Waals surface area contributed by atoms with Gasteiger partial charge in [-0.15, -0.1) is 0 Å². The van der Waals surface area contributed by atoms with E-state index in [2.05, 4.69) is 10.0 Å². The van der Waals surface area contributed by atoms with E-state index in [9.17, 15) is 18.0 Å². The number of amides is 1. The molecule has 0 heterocycles. The lowest BCUT2D eigenvalue weighted by atomic mass is 10.0. The Morgan fingerprint density at radius 1 is 1.26 bits per heavy atom. The number of benzene rings is 1. The van der Waals surface area contributed by atoms with Crippen molar-refractivity contribution in [3.63, 3.8) is 0 Å². The highest BCUT2D eigenvalue weighted by molar-refractivity contribution is 7.92. The maximum atomic E-state index is 12.2. The van der Waals surface area contributed by atoms with Crippen molar-refractivity contribution in [1.82, 2.24) is 5.32 Å². The minimum atomic E-state index is -3.45. The number of anilines is 1. The summed E-state index contributed by atoms with van der Waals surface area (Å²) in [4.78, 5) is 23.3. The minimum absolute atomic E-state index is 0.0160. The van der Waals surface area contributed by atoms with Gasteiger partial charge >= 0.3 is 5.97 Å². The minimum Gasteiger partial charge on any atom is -0.480 e. The molecule has 0 aliphatic heterocycles. The molecule has 0 unspecified atom stereocenters.